The van der Waals surface area contributed by atoms with Crippen LogP contribution in [-0.2, 0) is 22.6 Å². The number of nitrogens with one attached hydrogen (secondary N) is 1. The minimum Gasteiger partial charge on any atom is -0.497 e. The Labute approximate surface area is 182 Å². The molecule has 5 nitrogen and oxygen atoms in total. The van der Waals surface area contributed by atoms with Crippen LogP contribution < -0.4 is 10.1 Å². The van der Waals surface area contributed by atoms with E-state index in [2.05, 4.69) is 5.32 Å². The fourth-order valence-electron chi connectivity index (χ4n) is 3.00. The molecule has 2 rings (SSSR count). The first-order chi connectivity index (χ1) is 14.4. The summed E-state index contributed by atoms with van der Waals surface area (Å²) in [5, 5.41) is 3.04. The highest BCUT2D eigenvalue weighted by molar-refractivity contribution is 6.31. The third-order valence-electron chi connectivity index (χ3n) is 4.90. The second kappa shape index (κ2) is 11.6. The predicted molar refractivity (Wildman–Crippen MR) is 116 cm³/mol. The summed E-state index contributed by atoms with van der Waals surface area (Å²) in [5.74, 6) is -0.471. The van der Waals surface area contributed by atoms with Crippen LogP contribution in [0, 0.1) is 5.82 Å². The molecule has 1 atom stereocenters. The molecule has 2 aromatic rings. The molecular formula is C23H28ClFN2O3. The smallest absolute Gasteiger partial charge is 0.242 e. The molecule has 1 unspecified atom stereocenters. The summed E-state index contributed by atoms with van der Waals surface area (Å²) in [6, 6.07) is 10.8. The molecule has 0 aliphatic rings. The number of carbonyl (C=O) groups is 2. The molecule has 0 bridgehead atoms. The van der Waals surface area contributed by atoms with Crippen molar-refractivity contribution in [3.05, 3.63) is 64.4 Å². The van der Waals surface area contributed by atoms with Crippen LogP contribution in [-0.4, -0.2) is 36.4 Å². The number of carbonyl (C=O) groups excluding carboxylic acids is 2. The molecule has 0 aliphatic carbocycles. The Bertz CT molecular complexity index is 838. The van der Waals surface area contributed by atoms with Gasteiger partial charge in [-0.25, -0.2) is 4.39 Å². The Kier molecular flexibility index (Phi) is 9.12. The molecule has 0 saturated heterocycles. The lowest BCUT2D eigenvalue weighted by Crippen LogP contribution is -2.48. The van der Waals surface area contributed by atoms with Gasteiger partial charge in [-0.3, -0.25) is 9.59 Å². The second-order valence-electron chi connectivity index (χ2n) is 7.07. The van der Waals surface area contributed by atoms with Crippen LogP contribution >= 0.6 is 11.6 Å². The monoisotopic (exact) mass is 434 g/mol. The van der Waals surface area contributed by atoms with Crippen LogP contribution in [0.2, 0.25) is 5.02 Å². The summed E-state index contributed by atoms with van der Waals surface area (Å²) in [6.07, 6.45) is 1.58. The van der Waals surface area contributed by atoms with Crippen molar-refractivity contribution in [2.45, 2.75) is 45.7 Å². The Hall–Kier alpha value is -2.60. The average molecular weight is 435 g/mol. The Balaban J connectivity index is 2.24. The van der Waals surface area contributed by atoms with Gasteiger partial charge in [-0.2, -0.15) is 0 Å². The first-order valence-electron chi connectivity index (χ1n) is 10.00. The first-order valence-corrected chi connectivity index (χ1v) is 10.4. The number of nitrogens with zero attached hydrogens (tertiary/aromatic N) is 1. The van der Waals surface area contributed by atoms with Gasteiger partial charge in [0, 0.05) is 23.7 Å². The van der Waals surface area contributed by atoms with Crippen molar-refractivity contribution in [2.24, 2.45) is 0 Å². The number of halogens is 2. The van der Waals surface area contributed by atoms with E-state index in [9.17, 15) is 14.0 Å². The van der Waals surface area contributed by atoms with E-state index in [1.165, 1.54) is 17.0 Å². The normalized spacial score (nSPS) is 11.6. The van der Waals surface area contributed by atoms with E-state index in [-0.39, 0.29) is 35.4 Å². The standard InChI is InChI=1S/C23H28ClFN2O3/c1-4-5-13-26-23(29)16(2)27(15-17-9-11-18(30-3)12-10-17)22(28)14-19-20(24)7-6-8-21(19)25/h6-12,16H,4-5,13-15H2,1-3H3,(H,26,29). The van der Waals surface area contributed by atoms with E-state index >= 15 is 0 Å². The molecule has 0 spiro atoms. The lowest BCUT2D eigenvalue weighted by atomic mass is 10.1. The summed E-state index contributed by atoms with van der Waals surface area (Å²) in [5.41, 5.74) is 0.958. The highest BCUT2D eigenvalue weighted by Crippen LogP contribution is 2.22. The zero-order valence-corrected chi connectivity index (χ0v) is 18.3. The number of hydrogen-bond donors (Lipinski definition) is 1. The molecule has 0 aliphatic heterocycles. The first kappa shape index (κ1) is 23.7. The second-order valence-corrected chi connectivity index (χ2v) is 7.47. The van der Waals surface area contributed by atoms with Gasteiger partial charge in [-0.1, -0.05) is 43.1 Å². The molecule has 162 valence electrons. The Morgan fingerprint density at radius 1 is 1.20 bits per heavy atom. The average Bonchev–Trinajstić information content (AvgIpc) is 2.74. The lowest BCUT2D eigenvalue weighted by molar-refractivity contribution is -0.140. The minimum absolute atomic E-state index is 0.127. The molecule has 0 fully saturated rings. The van der Waals surface area contributed by atoms with Crippen molar-refractivity contribution >= 4 is 23.4 Å². The maximum Gasteiger partial charge on any atom is 0.242 e. The summed E-state index contributed by atoms with van der Waals surface area (Å²) < 4.78 is 19.4. The number of methoxy groups -OCH3 is 1. The number of unbranched alkanes of at least 4 members (excludes halogenated alkanes) is 1. The Morgan fingerprint density at radius 2 is 1.90 bits per heavy atom. The van der Waals surface area contributed by atoms with Crippen molar-refractivity contribution in [3.63, 3.8) is 0 Å². The van der Waals surface area contributed by atoms with Crippen LogP contribution in [0.3, 0.4) is 0 Å². The van der Waals surface area contributed by atoms with E-state index in [1.807, 2.05) is 19.1 Å². The van der Waals surface area contributed by atoms with Gasteiger partial charge in [0.15, 0.2) is 0 Å². The van der Waals surface area contributed by atoms with Gasteiger partial charge in [0.2, 0.25) is 11.8 Å². The number of ether oxygens (including phenoxy) is 1. The van der Waals surface area contributed by atoms with Crippen LogP contribution in [0.25, 0.3) is 0 Å². The Morgan fingerprint density at radius 3 is 2.50 bits per heavy atom. The van der Waals surface area contributed by atoms with E-state index < -0.39 is 11.9 Å². The topological polar surface area (TPSA) is 58.6 Å². The summed E-state index contributed by atoms with van der Waals surface area (Å²) in [4.78, 5) is 27.2. The quantitative estimate of drug-likeness (QED) is 0.565. The summed E-state index contributed by atoms with van der Waals surface area (Å²) >= 11 is 6.09. The SMILES string of the molecule is CCCCNC(=O)C(C)N(Cc1ccc(OC)cc1)C(=O)Cc1c(F)cccc1Cl. The van der Waals surface area contributed by atoms with Crippen molar-refractivity contribution in [3.8, 4) is 5.75 Å². The van der Waals surface area contributed by atoms with Crippen molar-refractivity contribution in [1.29, 1.82) is 0 Å². The van der Waals surface area contributed by atoms with E-state index in [4.69, 9.17) is 16.3 Å². The highest BCUT2D eigenvalue weighted by atomic mass is 35.5. The zero-order chi connectivity index (χ0) is 22.1. The molecule has 30 heavy (non-hydrogen) atoms. The fourth-order valence-corrected chi connectivity index (χ4v) is 3.23. The van der Waals surface area contributed by atoms with Crippen molar-refractivity contribution in [1.82, 2.24) is 10.2 Å². The molecule has 0 radical (unpaired) electrons. The summed E-state index contributed by atoms with van der Waals surface area (Å²) in [7, 11) is 1.58. The van der Waals surface area contributed by atoms with E-state index in [0.717, 1.165) is 18.4 Å². The number of amides is 2. The maximum absolute atomic E-state index is 14.2. The third kappa shape index (κ3) is 6.46. The van der Waals surface area contributed by atoms with Gasteiger partial charge in [0.25, 0.3) is 0 Å². The van der Waals surface area contributed by atoms with Crippen LogP contribution in [0.5, 0.6) is 5.75 Å². The molecule has 1 N–H and O–H groups in total. The van der Waals surface area contributed by atoms with E-state index in [1.54, 1.807) is 32.2 Å². The highest BCUT2D eigenvalue weighted by Gasteiger charge is 2.27. The molecule has 0 heterocycles. The van der Waals surface area contributed by atoms with Gasteiger partial charge in [0.05, 0.1) is 13.5 Å². The van der Waals surface area contributed by atoms with Gasteiger partial charge in [0.1, 0.15) is 17.6 Å². The van der Waals surface area contributed by atoms with E-state index in [0.29, 0.717) is 12.3 Å². The predicted octanol–water partition coefficient (Wildman–Crippen LogP) is 4.36. The van der Waals surface area contributed by atoms with Crippen LogP contribution in [0.1, 0.15) is 37.8 Å². The van der Waals surface area contributed by atoms with Gasteiger partial charge in [-0.15, -0.1) is 0 Å². The molecule has 2 aromatic carbocycles. The van der Waals surface area contributed by atoms with Gasteiger partial charge in [-0.05, 0) is 43.2 Å². The van der Waals surface area contributed by atoms with Gasteiger partial charge < -0.3 is 15.0 Å². The molecule has 0 saturated carbocycles. The maximum atomic E-state index is 14.2. The third-order valence-corrected chi connectivity index (χ3v) is 5.25. The minimum atomic E-state index is -0.720. The largest absolute Gasteiger partial charge is 0.497 e. The molecule has 0 aromatic heterocycles. The lowest BCUT2D eigenvalue weighted by Gasteiger charge is -2.29. The zero-order valence-electron chi connectivity index (χ0n) is 17.6. The van der Waals surface area contributed by atoms with Crippen LogP contribution in [0.4, 0.5) is 4.39 Å². The number of hydrogen-bond acceptors (Lipinski definition) is 3. The molecular weight excluding hydrogens is 407 g/mol. The molecule has 2 amide bonds. The fraction of sp³-hybridized carbons (Fsp3) is 0.391. The molecule has 7 heteroatoms. The summed E-state index contributed by atoms with van der Waals surface area (Å²) in [6.45, 7) is 4.46. The number of rotatable bonds is 10. The van der Waals surface area contributed by atoms with Crippen LogP contribution in [0.15, 0.2) is 42.5 Å². The van der Waals surface area contributed by atoms with Gasteiger partial charge >= 0.3 is 0 Å². The van der Waals surface area contributed by atoms with Crippen molar-refractivity contribution < 1.29 is 18.7 Å². The van der Waals surface area contributed by atoms with Crippen molar-refractivity contribution in [2.75, 3.05) is 13.7 Å². The number of benzene rings is 2.